The first-order valence-corrected chi connectivity index (χ1v) is 4.10. The van der Waals surface area contributed by atoms with Crippen molar-refractivity contribution >= 4 is 34.8 Å². The maximum absolute atomic E-state index is 8.63. The SMILES string of the molecule is N#Cc1nc(Cl)c(Cl)c(C#N)c1Cl. The van der Waals surface area contributed by atoms with Crippen LogP contribution in [0.25, 0.3) is 0 Å². The zero-order chi connectivity index (χ0) is 10.0. The Bertz CT molecular complexity index is 442. The predicted octanol–water partition coefficient (Wildman–Crippen LogP) is 2.79. The Morgan fingerprint density at radius 3 is 2.08 bits per heavy atom. The lowest BCUT2D eigenvalue weighted by atomic mass is 10.2. The first-order chi connectivity index (χ1) is 6.11. The van der Waals surface area contributed by atoms with Crippen molar-refractivity contribution in [3.05, 3.63) is 26.5 Å². The molecular weight excluding hydrogens is 232 g/mol. The van der Waals surface area contributed by atoms with E-state index in [2.05, 4.69) is 4.98 Å². The number of aromatic nitrogens is 1. The number of nitriles is 2. The van der Waals surface area contributed by atoms with Crippen LogP contribution >= 0.6 is 34.8 Å². The van der Waals surface area contributed by atoms with E-state index in [0.29, 0.717) is 0 Å². The Kier molecular flexibility index (Phi) is 2.95. The van der Waals surface area contributed by atoms with E-state index in [-0.39, 0.29) is 26.5 Å². The first-order valence-electron chi connectivity index (χ1n) is 2.96. The average molecular weight is 232 g/mol. The third kappa shape index (κ3) is 1.68. The Morgan fingerprint density at radius 2 is 1.62 bits per heavy atom. The van der Waals surface area contributed by atoms with Crippen LogP contribution in [0.4, 0.5) is 0 Å². The number of pyridine rings is 1. The monoisotopic (exact) mass is 231 g/mol. The Morgan fingerprint density at radius 1 is 1.00 bits per heavy atom. The van der Waals surface area contributed by atoms with Crippen molar-refractivity contribution in [1.29, 1.82) is 10.5 Å². The molecule has 6 heteroatoms. The van der Waals surface area contributed by atoms with Gasteiger partial charge in [0.05, 0.1) is 15.6 Å². The highest BCUT2D eigenvalue weighted by Gasteiger charge is 2.15. The third-order valence-electron chi connectivity index (χ3n) is 1.26. The summed E-state index contributed by atoms with van der Waals surface area (Å²) in [4.78, 5) is 3.59. The van der Waals surface area contributed by atoms with E-state index >= 15 is 0 Å². The van der Waals surface area contributed by atoms with Crippen molar-refractivity contribution in [1.82, 2.24) is 4.98 Å². The predicted molar refractivity (Wildman–Crippen MR) is 48.7 cm³/mol. The highest BCUT2D eigenvalue weighted by molar-refractivity contribution is 6.43. The Hall–Kier alpha value is -1.00. The molecule has 1 aromatic rings. The van der Waals surface area contributed by atoms with Crippen LogP contribution in [0.5, 0.6) is 0 Å². The van der Waals surface area contributed by atoms with E-state index in [1.54, 1.807) is 12.1 Å². The highest BCUT2D eigenvalue weighted by atomic mass is 35.5. The number of rotatable bonds is 0. The fourth-order valence-electron chi connectivity index (χ4n) is 0.686. The number of hydrogen-bond acceptors (Lipinski definition) is 3. The van der Waals surface area contributed by atoms with Crippen molar-refractivity contribution < 1.29 is 0 Å². The molecule has 0 fully saturated rings. The second-order valence-corrected chi connectivity index (χ2v) is 3.09. The minimum absolute atomic E-state index is 0.0279. The second-order valence-electron chi connectivity index (χ2n) is 1.98. The molecule has 0 N–H and O–H groups in total. The molecule has 0 aromatic carbocycles. The average Bonchev–Trinajstić information content (AvgIpc) is 2.12. The van der Waals surface area contributed by atoms with Crippen LogP contribution < -0.4 is 0 Å². The van der Waals surface area contributed by atoms with Crippen molar-refractivity contribution in [2.75, 3.05) is 0 Å². The van der Waals surface area contributed by atoms with Gasteiger partial charge >= 0.3 is 0 Å². The molecule has 64 valence electrons. The van der Waals surface area contributed by atoms with Gasteiger partial charge in [-0.2, -0.15) is 10.5 Å². The number of halogens is 3. The molecule has 0 unspecified atom stereocenters. The molecule has 0 spiro atoms. The summed E-state index contributed by atoms with van der Waals surface area (Å²) in [5.41, 5.74) is -0.132. The molecule has 13 heavy (non-hydrogen) atoms. The summed E-state index contributed by atoms with van der Waals surface area (Å²) in [5.74, 6) is 0. The van der Waals surface area contributed by atoms with E-state index in [1.807, 2.05) is 0 Å². The molecule has 0 amide bonds. The van der Waals surface area contributed by atoms with Gasteiger partial charge in [-0.3, -0.25) is 0 Å². The maximum atomic E-state index is 8.63. The molecule has 0 aliphatic heterocycles. The maximum Gasteiger partial charge on any atom is 0.162 e. The zero-order valence-electron chi connectivity index (χ0n) is 5.98. The number of hydrogen-bond donors (Lipinski definition) is 0. The van der Waals surface area contributed by atoms with Gasteiger partial charge in [0.15, 0.2) is 10.8 Å². The molecule has 1 aromatic heterocycles. The van der Waals surface area contributed by atoms with Crippen molar-refractivity contribution in [3.8, 4) is 12.1 Å². The van der Waals surface area contributed by atoms with Crippen molar-refractivity contribution in [2.45, 2.75) is 0 Å². The summed E-state index contributed by atoms with van der Waals surface area (Å²) in [6.07, 6.45) is 0. The highest BCUT2D eigenvalue weighted by Crippen LogP contribution is 2.30. The molecule has 0 saturated heterocycles. The molecular formula is C7Cl3N3. The molecule has 0 radical (unpaired) electrons. The van der Waals surface area contributed by atoms with Crippen molar-refractivity contribution in [3.63, 3.8) is 0 Å². The van der Waals surface area contributed by atoms with Gasteiger partial charge in [-0.25, -0.2) is 4.98 Å². The largest absolute Gasteiger partial charge is 0.222 e. The van der Waals surface area contributed by atoms with E-state index in [4.69, 9.17) is 45.3 Å². The second kappa shape index (κ2) is 3.81. The van der Waals surface area contributed by atoms with Gasteiger partial charge in [-0.05, 0) is 0 Å². The quantitative estimate of drug-likeness (QED) is 0.646. The minimum Gasteiger partial charge on any atom is -0.222 e. The first kappa shape index (κ1) is 10.1. The van der Waals surface area contributed by atoms with Gasteiger partial charge in [-0.15, -0.1) is 0 Å². The standard InChI is InChI=1S/C7Cl3N3/c8-5-3(1-11)6(9)7(10)13-4(5)2-12. The van der Waals surface area contributed by atoms with E-state index < -0.39 is 0 Å². The van der Waals surface area contributed by atoms with Crippen LogP contribution in [0.1, 0.15) is 11.3 Å². The Balaban J connectivity index is 3.63. The van der Waals surface area contributed by atoms with Crippen LogP contribution in [-0.4, -0.2) is 4.98 Å². The third-order valence-corrected chi connectivity index (χ3v) is 2.36. The molecule has 3 nitrogen and oxygen atoms in total. The van der Waals surface area contributed by atoms with Crippen molar-refractivity contribution in [2.24, 2.45) is 0 Å². The lowest BCUT2D eigenvalue weighted by molar-refractivity contribution is 1.25. The fourth-order valence-corrected chi connectivity index (χ4v) is 1.31. The molecule has 0 bridgehead atoms. The lowest BCUT2D eigenvalue weighted by Crippen LogP contribution is -1.91. The van der Waals surface area contributed by atoms with Crippen LogP contribution in [0, 0.1) is 22.7 Å². The van der Waals surface area contributed by atoms with Crippen LogP contribution in [-0.2, 0) is 0 Å². The lowest BCUT2D eigenvalue weighted by Gasteiger charge is -2.00. The fraction of sp³-hybridized carbons (Fsp3) is 0. The smallest absolute Gasteiger partial charge is 0.162 e. The normalized spacial score (nSPS) is 9.00. The number of nitrogens with zero attached hydrogens (tertiary/aromatic N) is 3. The topological polar surface area (TPSA) is 60.5 Å². The summed E-state index contributed by atoms with van der Waals surface area (Å²) in [7, 11) is 0. The molecule has 0 saturated carbocycles. The van der Waals surface area contributed by atoms with Gasteiger partial charge in [0.2, 0.25) is 0 Å². The molecule has 1 rings (SSSR count). The Labute approximate surface area is 89.1 Å². The molecule has 0 atom stereocenters. The van der Waals surface area contributed by atoms with Crippen LogP contribution in [0.3, 0.4) is 0 Å². The van der Waals surface area contributed by atoms with Gasteiger partial charge in [0, 0.05) is 0 Å². The van der Waals surface area contributed by atoms with Crippen LogP contribution in [0.2, 0.25) is 15.2 Å². The van der Waals surface area contributed by atoms with E-state index in [9.17, 15) is 0 Å². The summed E-state index contributed by atoms with van der Waals surface area (Å²) < 4.78 is 0. The van der Waals surface area contributed by atoms with E-state index in [1.165, 1.54) is 0 Å². The summed E-state index contributed by atoms with van der Waals surface area (Å²) in [6.45, 7) is 0. The van der Waals surface area contributed by atoms with Crippen LogP contribution in [0.15, 0.2) is 0 Å². The van der Waals surface area contributed by atoms with Gasteiger partial charge < -0.3 is 0 Å². The zero-order valence-corrected chi connectivity index (χ0v) is 8.24. The minimum atomic E-state index is -0.104. The molecule has 0 aliphatic rings. The molecule has 1 heterocycles. The van der Waals surface area contributed by atoms with E-state index in [0.717, 1.165) is 0 Å². The summed E-state index contributed by atoms with van der Waals surface area (Å²) in [5, 5.41) is 17.0. The van der Waals surface area contributed by atoms with Gasteiger partial charge in [-0.1, -0.05) is 34.8 Å². The summed E-state index contributed by atoms with van der Waals surface area (Å²) >= 11 is 16.8. The summed E-state index contributed by atoms with van der Waals surface area (Å²) in [6, 6.07) is 3.44. The van der Waals surface area contributed by atoms with Gasteiger partial charge in [0.1, 0.15) is 12.1 Å². The molecule has 0 aliphatic carbocycles. The van der Waals surface area contributed by atoms with Gasteiger partial charge in [0.25, 0.3) is 0 Å².